The average molecular weight is 254 g/mol. The van der Waals surface area contributed by atoms with Crippen molar-refractivity contribution in [3.63, 3.8) is 0 Å². The van der Waals surface area contributed by atoms with Crippen molar-refractivity contribution in [2.24, 2.45) is 0 Å². The van der Waals surface area contributed by atoms with Crippen LogP contribution in [-0.2, 0) is 4.74 Å². The molecule has 0 radical (unpaired) electrons. The fourth-order valence-electron chi connectivity index (χ4n) is 1.72. The predicted molar refractivity (Wildman–Crippen MR) is 62.2 cm³/mol. The lowest BCUT2D eigenvalue weighted by molar-refractivity contribution is -0.105. The van der Waals surface area contributed by atoms with Gasteiger partial charge in [0.05, 0.1) is 6.61 Å². The van der Waals surface area contributed by atoms with Gasteiger partial charge in [0.1, 0.15) is 12.2 Å². The zero-order valence-corrected chi connectivity index (χ0v) is 9.74. The first-order valence-corrected chi connectivity index (χ1v) is 5.47. The highest BCUT2D eigenvalue weighted by atomic mass is 16.5. The third kappa shape index (κ3) is 2.28. The van der Waals surface area contributed by atoms with Gasteiger partial charge in [0.2, 0.25) is 0 Å². The lowest BCUT2D eigenvalue weighted by atomic mass is 10.1. The normalized spacial score (nSPS) is 27.4. The number of nitrogens with one attached hydrogen (secondary N) is 1. The van der Waals surface area contributed by atoms with E-state index in [0.29, 0.717) is 5.56 Å². The summed E-state index contributed by atoms with van der Waals surface area (Å²) in [6.07, 6.45) is 1.86. The van der Waals surface area contributed by atoms with E-state index in [-0.39, 0.29) is 6.61 Å². The minimum absolute atomic E-state index is 0.362. The number of aromatic amines is 1. The van der Waals surface area contributed by atoms with Crippen molar-refractivity contribution in [1.82, 2.24) is 9.55 Å². The van der Waals surface area contributed by atoms with E-state index in [1.54, 1.807) is 6.92 Å². The predicted octanol–water partition coefficient (Wildman–Crippen LogP) is -1.35. The molecule has 1 aliphatic rings. The molecule has 98 valence electrons. The Morgan fingerprint density at radius 2 is 2.17 bits per heavy atom. The molecule has 0 aliphatic carbocycles. The van der Waals surface area contributed by atoms with Crippen molar-refractivity contribution >= 4 is 0 Å². The maximum absolute atomic E-state index is 11.6. The zero-order valence-electron chi connectivity index (χ0n) is 9.74. The van der Waals surface area contributed by atoms with Gasteiger partial charge in [0.25, 0.3) is 5.56 Å². The van der Waals surface area contributed by atoms with Crippen molar-refractivity contribution in [3.8, 4) is 0 Å². The van der Waals surface area contributed by atoms with E-state index in [9.17, 15) is 14.7 Å². The molecule has 2 rings (SSSR count). The Morgan fingerprint density at radius 1 is 1.44 bits per heavy atom. The maximum atomic E-state index is 11.6. The summed E-state index contributed by atoms with van der Waals surface area (Å²) in [7, 11) is 0. The summed E-state index contributed by atoms with van der Waals surface area (Å²) in [6, 6.07) is 0. The Labute approximate surface area is 102 Å². The quantitative estimate of drug-likeness (QED) is 0.566. The van der Waals surface area contributed by atoms with Crippen molar-refractivity contribution in [3.05, 3.63) is 44.8 Å². The summed E-state index contributed by atoms with van der Waals surface area (Å²) in [5.74, 6) is 0. The molecule has 3 N–H and O–H groups in total. The Balaban J connectivity index is 2.39. The molecule has 1 aliphatic heterocycles. The van der Waals surface area contributed by atoms with Gasteiger partial charge in [-0.05, 0) is 13.0 Å². The fourth-order valence-corrected chi connectivity index (χ4v) is 1.72. The van der Waals surface area contributed by atoms with Gasteiger partial charge in [-0.3, -0.25) is 14.3 Å². The third-order valence-corrected chi connectivity index (χ3v) is 2.77. The number of rotatable bonds is 2. The largest absolute Gasteiger partial charge is 0.394 e. The Kier molecular flexibility index (Phi) is 3.46. The van der Waals surface area contributed by atoms with Gasteiger partial charge in [-0.1, -0.05) is 6.08 Å². The number of nitrogens with zero attached hydrogens (tertiary/aromatic N) is 1. The molecule has 7 nitrogen and oxygen atoms in total. The van der Waals surface area contributed by atoms with Gasteiger partial charge in [0, 0.05) is 11.8 Å². The molecule has 1 aromatic rings. The summed E-state index contributed by atoms with van der Waals surface area (Å²) in [4.78, 5) is 25.0. The lowest BCUT2D eigenvalue weighted by Crippen LogP contribution is -2.40. The van der Waals surface area contributed by atoms with Crippen LogP contribution in [-0.4, -0.2) is 38.6 Å². The van der Waals surface area contributed by atoms with Crippen LogP contribution >= 0.6 is 0 Å². The average Bonchev–Trinajstić information content (AvgIpc) is 2.35. The van der Waals surface area contributed by atoms with Crippen LogP contribution in [0, 0.1) is 6.92 Å². The van der Waals surface area contributed by atoms with Crippen LogP contribution in [0.1, 0.15) is 11.8 Å². The van der Waals surface area contributed by atoms with Gasteiger partial charge in [-0.2, -0.15) is 0 Å². The van der Waals surface area contributed by atoms with Gasteiger partial charge in [-0.15, -0.1) is 0 Å². The highest BCUT2D eigenvalue weighted by Gasteiger charge is 2.26. The van der Waals surface area contributed by atoms with E-state index in [1.807, 2.05) is 0 Å². The molecule has 0 aromatic carbocycles. The molecule has 0 saturated heterocycles. The summed E-state index contributed by atoms with van der Waals surface area (Å²) in [6.45, 7) is 1.21. The molecular weight excluding hydrogens is 240 g/mol. The van der Waals surface area contributed by atoms with Crippen molar-refractivity contribution < 1.29 is 14.9 Å². The Bertz CT molecular complexity index is 574. The van der Waals surface area contributed by atoms with Crippen molar-refractivity contribution in [1.29, 1.82) is 0 Å². The van der Waals surface area contributed by atoms with Crippen molar-refractivity contribution in [2.75, 3.05) is 6.61 Å². The molecule has 0 unspecified atom stereocenters. The molecule has 0 amide bonds. The van der Waals surface area contributed by atoms with Crippen LogP contribution in [0.15, 0.2) is 27.9 Å². The van der Waals surface area contributed by atoms with E-state index in [4.69, 9.17) is 9.84 Å². The first-order chi connectivity index (χ1) is 8.52. The van der Waals surface area contributed by atoms with Crippen LogP contribution in [0.5, 0.6) is 0 Å². The van der Waals surface area contributed by atoms with Gasteiger partial charge in [-0.25, -0.2) is 4.79 Å². The Hall–Kier alpha value is -1.70. The topological polar surface area (TPSA) is 105 Å². The second-order valence-electron chi connectivity index (χ2n) is 4.10. The maximum Gasteiger partial charge on any atom is 0.330 e. The molecule has 2 heterocycles. The summed E-state index contributed by atoms with van der Waals surface area (Å²) >= 11 is 0. The minimum atomic E-state index is -0.911. The van der Waals surface area contributed by atoms with Crippen LogP contribution in [0.3, 0.4) is 0 Å². The summed E-state index contributed by atoms with van der Waals surface area (Å²) < 4.78 is 6.56. The van der Waals surface area contributed by atoms with Gasteiger partial charge in [0.15, 0.2) is 6.23 Å². The van der Waals surface area contributed by atoms with E-state index in [2.05, 4.69) is 4.98 Å². The molecule has 7 heteroatoms. The van der Waals surface area contributed by atoms with Crippen molar-refractivity contribution in [2.45, 2.75) is 25.4 Å². The second-order valence-corrected chi connectivity index (χ2v) is 4.10. The highest BCUT2D eigenvalue weighted by Crippen LogP contribution is 2.19. The van der Waals surface area contributed by atoms with Crippen LogP contribution in [0.2, 0.25) is 0 Å². The molecule has 3 atom stereocenters. The van der Waals surface area contributed by atoms with Gasteiger partial charge >= 0.3 is 5.69 Å². The number of aromatic nitrogens is 2. The summed E-state index contributed by atoms with van der Waals surface area (Å²) in [5.41, 5.74) is -0.679. The monoisotopic (exact) mass is 254 g/mol. The van der Waals surface area contributed by atoms with Crippen LogP contribution in [0.4, 0.5) is 0 Å². The van der Waals surface area contributed by atoms with E-state index in [0.717, 1.165) is 0 Å². The highest BCUT2D eigenvalue weighted by molar-refractivity contribution is 5.06. The number of hydrogen-bond acceptors (Lipinski definition) is 5. The number of aryl methyl sites for hydroxylation is 1. The first-order valence-electron chi connectivity index (χ1n) is 5.47. The summed E-state index contributed by atoms with van der Waals surface area (Å²) in [5, 5.41) is 18.5. The molecule has 0 spiro atoms. The van der Waals surface area contributed by atoms with Crippen LogP contribution < -0.4 is 11.2 Å². The lowest BCUT2D eigenvalue weighted by Gasteiger charge is -2.29. The first kappa shape index (κ1) is 12.7. The molecule has 0 saturated carbocycles. The van der Waals surface area contributed by atoms with E-state index >= 15 is 0 Å². The number of ether oxygens (including phenoxy) is 1. The number of aliphatic hydroxyl groups excluding tert-OH is 2. The van der Waals surface area contributed by atoms with Gasteiger partial charge < -0.3 is 14.9 Å². The fraction of sp³-hybridized carbons (Fsp3) is 0.455. The van der Waals surface area contributed by atoms with E-state index < -0.39 is 29.7 Å². The molecule has 0 fully saturated rings. The molecular formula is C11H14N2O5. The van der Waals surface area contributed by atoms with Crippen LogP contribution in [0.25, 0.3) is 0 Å². The standard InChI is InChI=1S/C11H14N2O5/c1-6-4-13(11(17)12-10(6)16)9-3-2-7(15)8(5-14)18-9/h2-4,7-9,14-15H,5H2,1H3,(H,12,16,17)/t7-,8-,9+/m1/s1. The second kappa shape index (κ2) is 4.89. The number of aliphatic hydroxyl groups is 2. The third-order valence-electron chi connectivity index (χ3n) is 2.77. The Morgan fingerprint density at radius 3 is 2.83 bits per heavy atom. The number of hydrogen-bond donors (Lipinski definition) is 3. The zero-order chi connectivity index (χ0) is 13.3. The molecule has 1 aromatic heterocycles. The number of H-pyrrole nitrogens is 1. The smallest absolute Gasteiger partial charge is 0.330 e. The molecule has 18 heavy (non-hydrogen) atoms. The molecule has 0 bridgehead atoms. The van der Waals surface area contributed by atoms with E-state index in [1.165, 1.54) is 22.9 Å². The minimum Gasteiger partial charge on any atom is -0.394 e. The SMILES string of the molecule is Cc1cn([C@@H]2C=C[C@@H](O)[C@@H](CO)O2)c(=O)[nH]c1=O.